The summed E-state index contributed by atoms with van der Waals surface area (Å²) in [5.41, 5.74) is 4.30. The Morgan fingerprint density at radius 2 is 1.65 bits per heavy atom. The average Bonchev–Trinajstić information content (AvgIpc) is 2.85. The number of ether oxygens (including phenoxy) is 1. The molecule has 0 aromatic heterocycles. The number of para-hydroxylation sites is 1. The van der Waals surface area contributed by atoms with Gasteiger partial charge in [0.2, 0.25) is 10.0 Å². The summed E-state index contributed by atoms with van der Waals surface area (Å²) in [6, 6.07) is 18.3. The Balaban J connectivity index is 1.52. The van der Waals surface area contributed by atoms with Gasteiger partial charge in [0.05, 0.1) is 28.9 Å². The molecule has 9 nitrogen and oxygen atoms in total. The molecule has 2 N–H and O–H groups in total. The summed E-state index contributed by atoms with van der Waals surface area (Å²) in [6.45, 7) is 0.989. The van der Waals surface area contributed by atoms with E-state index in [1.54, 1.807) is 73.7 Å². The van der Waals surface area contributed by atoms with Gasteiger partial charge >= 0.3 is 0 Å². The van der Waals surface area contributed by atoms with E-state index in [1.807, 2.05) is 0 Å². The fourth-order valence-electron chi connectivity index (χ4n) is 3.14. The van der Waals surface area contributed by atoms with Gasteiger partial charge in [0, 0.05) is 5.02 Å². The topological polar surface area (TPSA) is 117 Å². The number of hydrazone groups is 1. The molecule has 0 aliphatic carbocycles. The number of carbonyl (C=O) groups is 2. The Kier molecular flexibility index (Phi) is 9.51. The lowest BCUT2D eigenvalue weighted by atomic mass is 10.2. The second-order valence-corrected chi connectivity index (χ2v) is 10.6. The SMILES string of the molecule is Cc1c(Cl)cccc1N(CC(=O)N/N=C\c1ccc(OCC(=O)Nc2ccccc2Cl)cc1)S(C)(=O)=O. The van der Waals surface area contributed by atoms with Crippen molar-refractivity contribution in [3.63, 3.8) is 0 Å². The molecule has 3 rings (SSSR count). The van der Waals surface area contributed by atoms with E-state index >= 15 is 0 Å². The highest BCUT2D eigenvalue weighted by Gasteiger charge is 2.23. The molecule has 3 aromatic carbocycles. The fraction of sp³-hybridized carbons (Fsp3) is 0.160. The Morgan fingerprint density at radius 3 is 2.32 bits per heavy atom. The number of amides is 2. The van der Waals surface area contributed by atoms with E-state index in [-0.39, 0.29) is 12.5 Å². The van der Waals surface area contributed by atoms with Crippen molar-refractivity contribution in [2.45, 2.75) is 6.92 Å². The van der Waals surface area contributed by atoms with Gasteiger partial charge in [-0.2, -0.15) is 5.10 Å². The zero-order valence-corrected chi connectivity index (χ0v) is 22.3. The number of rotatable bonds is 10. The quantitative estimate of drug-likeness (QED) is 0.283. The van der Waals surface area contributed by atoms with Gasteiger partial charge in [0.15, 0.2) is 6.61 Å². The number of hydrogen-bond acceptors (Lipinski definition) is 6. The van der Waals surface area contributed by atoms with Crippen LogP contribution in [0.15, 0.2) is 71.8 Å². The van der Waals surface area contributed by atoms with E-state index in [0.29, 0.717) is 38.3 Å². The van der Waals surface area contributed by atoms with Crippen molar-refractivity contribution in [3.05, 3.63) is 87.9 Å². The summed E-state index contributed by atoms with van der Waals surface area (Å²) in [5.74, 6) is -0.542. The van der Waals surface area contributed by atoms with Crippen LogP contribution >= 0.6 is 23.2 Å². The summed E-state index contributed by atoms with van der Waals surface area (Å²) in [4.78, 5) is 24.5. The highest BCUT2D eigenvalue weighted by Crippen LogP contribution is 2.28. The second-order valence-electron chi connectivity index (χ2n) is 7.83. The largest absolute Gasteiger partial charge is 0.484 e. The van der Waals surface area contributed by atoms with E-state index < -0.39 is 22.5 Å². The zero-order valence-electron chi connectivity index (χ0n) is 19.9. The van der Waals surface area contributed by atoms with Crippen molar-refractivity contribution in [1.82, 2.24) is 5.43 Å². The predicted octanol–water partition coefficient (Wildman–Crippen LogP) is 4.24. The minimum Gasteiger partial charge on any atom is -0.484 e. The highest BCUT2D eigenvalue weighted by atomic mass is 35.5. The molecule has 3 aromatic rings. The van der Waals surface area contributed by atoms with Gasteiger partial charge in [-0.1, -0.05) is 41.4 Å². The van der Waals surface area contributed by atoms with Crippen LogP contribution < -0.4 is 19.8 Å². The number of nitrogens with zero attached hydrogens (tertiary/aromatic N) is 2. The van der Waals surface area contributed by atoms with Crippen molar-refractivity contribution in [2.75, 3.05) is 29.0 Å². The molecule has 0 aliphatic rings. The summed E-state index contributed by atoms with van der Waals surface area (Å²) >= 11 is 12.1. The summed E-state index contributed by atoms with van der Waals surface area (Å²) in [7, 11) is -3.75. The molecule has 0 aliphatic heterocycles. The lowest BCUT2D eigenvalue weighted by Crippen LogP contribution is -2.39. The molecule has 0 radical (unpaired) electrons. The van der Waals surface area contributed by atoms with Crippen LogP contribution in [0, 0.1) is 6.92 Å². The molecule has 12 heteroatoms. The van der Waals surface area contributed by atoms with Gasteiger partial charge in [0.1, 0.15) is 12.3 Å². The Hall–Kier alpha value is -3.60. The number of nitrogens with one attached hydrogen (secondary N) is 2. The predicted molar refractivity (Wildman–Crippen MR) is 146 cm³/mol. The lowest BCUT2D eigenvalue weighted by Gasteiger charge is -2.23. The van der Waals surface area contributed by atoms with Crippen LogP contribution in [-0.2, 0) is 19.6 Å². The second kappa shape index (κ2) is 12.6. The smallest absolute Gasteiger partial charge is 0.262 e. The number of sulfonamides is 1. The molecular formula is C25H24Cl2N4O5S. The number of hydrogen-bond donors (Lipinski definition) is 2. The minimum atomic E-state index is -3.75. The first-order chi connectivity index (χ1) is 17.5. The standard InChI is InChI=1S/C25H24Cl2N4O5S/c1-17-20(26)7-5-9-23(17)31(37(2,34)35)15-24(32)30-28-14-18-10-12-19(13-11-18)36-16-25(33)29-22-8-4-3-6-21(22)27/h3-14H,15-16H2,1-2H3,(H,29,33)(H,30,32)/b28-14-. The van der Waals surface area contributed by atoms with Crippen LogP contribution in [0.5, 0.6) is 5.75 Å². The number of anilines is 2. The summed E-state index contributed by atoms with van der Waals surface area (Å²) in [5, 5.41) is 7.36. The third-order valence-electron chi connectivity index (χ3n) is 5.00. The molecule has 0 atom stereocenters. The van der Waals surface area contributed by atoms with Crippen molar-refractivity contribution < 1.29 is 22.7 Å². The van der Waals surface area contributed by atoms with Crippen LogP contribution in [0.4, 0.5) is 11.4 Å². The Labute approximate surface area is 225 Å². The summed E-state index contributed by atoms with van der Waals surface area (Å²) < 4.78 is 31.0. The monoisotopic (exact) mass is 562 g/mol. The maximum atomic E-state index is 12.4. The Bertz CT molecular complexity index is 1410. The number of benzene rings is 3. The first-order valence-electron chi connectivity index (χ1n) is 10.9. The van der Waals surface area contributed by atoms with Gasteiger partial charge < -0.3 is 10.1 Å². The molecule has 0 bridgehead atoms. The van der Waals surface area contributed by atoms with Crippen molar-refractivity contribution >= 4 is 62.6 Å². The summed E-state index contributed by atoms with van der Waals surface area (Å²) in [6.07, 6.45) is 2.40. The van der Waals surface area contributed by atoms with Gasteiger partial charge in [-0.05, 0) is 66.6 Å². The van der Waals surface area contributed by atoms with Crippen molar-refractivity contribution in [1.29, 1.82) is 0 Å². The third-order valence-corrected chi connectivity index (χ3v) is 6.86. The molecule has 0 saturated heterocycles. The molecule has 37 heavy (non-hydrogen) atoms. The fourth-order valence-corrected chi connectivity index (χ4v) is 4.40. The van der Waals surface area contributed by atoms with Crippen LogP contribution in [-0.4, -0.2) is 45.9 Å². The van der Waals surface area contributed by atoms with Gasteiger partial charge in [-0.15, -0.1) is 0 Å². The molecule has 0 heterocycles. The average molecular weight is 563 g/mol. The zero-order chi connectivity index (χ0) is 27.0. The molecule has 0 fully saturated rings. The highest BCUT2D eigenvalue weighted by molar-refractivity contribution is 7.92. The molecule has 194 valence electrons. The molecule has 0 saturated carbocycles. The first-order valence-corrected chi connectivity index (χ1v) is 13.5. The van der Waals surface area contributed by atoms with E-state index in [2.05, 4.69) is 15.8 Å². The molecular weight excluding hydrogens is 539 g/mol. The number of halogens is 2. The molecule has 2 amide bonds. The Morgan fingerprint density at radius 1 is 0.973 bits per heavy atom. The van der Waals surface area contributed by atoms with E-state index in [4.69, 9.17) is 27.9 Å². The van der Waals surface area contributed by atoms with Crippen molar-refractivity contribution in [3.8, 4) is 5.75 Å². The van der Waals surface area contributed by atoms with Crippen LogP contribution in [0.1, 0.15) is 11.1 Å². The van der Waals surface area contributed by atoms with E-state index in [0.717, 1.165) is 10.6 Å². The lowest BCUT2D eigenvalue weighted by molar-refractivity contribution is -0.119. The normalized spacial score (nSPS) is 11.2. The first kappa shape index (κ1) is 28.0. The number of carbonyl (C=O) groups excluding carboxylic acids is 2. The minimum absolute atomic E-state index is 0.211. The molecule has 0 unspecified atom stereocenters. The van der Waals surface area contributed by atoms with Gasteiger partial charge in [-0.3, -0.25) is 13.9 Å². The van der Waals surface area contributed by atoms with E-state index in [1.165, 1.54) is 6.21 Å². The van der Waals surface area contributed by atoms with Crippen molar-refractivity contribution in [2.24, 2.45) is 5.10 Å². The maximum Gasteiger partial charge on any atom is 0.262 e. The maximum absolute atomic E-state index is 12.4. The van der Waals surface area contributed by atoms with Crippen LogP contribution in [0.25, 0.3) is 0 Å². The van der Waals surface area contributed by atoms with Gasteiger partial charge in [0.25, 0.3) is 11.8 Å². The van der Waals surface area contributed by atoms with Crippen LogP contribution in [0.3, 0.4) is 0 Å². The van der Waals surface area contributed by atoms with Gasteiger partial charge in [-0.25, -0.2) is 13.8 Å². The molecule has 0 spiro atoms. The third kappa shape index (κ3) is 8.21. The van der Waals surface area contributed by atoms with E-state index in [9.17, 15) is 18.0 Å². The van der Waals surface area contributed by atoms with Crippen LogP contribution in [0.2, 0.25) is 10.0 Å².